The van der Waals surface area contributed by atoms with E-state index in [2.05, 4.69) is 37.2 Å². The first kappa shape index (κ1) is 24.0. The molecule has 0 aromatic heterocycles. The zero-order valence-corrected chi connectivity index (χ0v) is 20.7. The number of nitriles is 1. The molecule has 1 N–H and O–H groups in total. The van der Waals surface area contributed by atoms with Gasteiger partial charge in [0.2, 0.25) is 0 Å². The quantitative estimate of drug-likeness (QED) is 0.244. The highest BCUT2D eigenvalue weighted by molar-refractivity contribution is 9.11. The Kier molecular flexibility index (Phi) is 8.08. The summed E-state index contributed by atoms with van der Waals surface area (Å²) in [7, 11) is 0. The Morgan fingerprint density at radius 3 is 2.53 bits per heavy atom. The van der Waals surface area contributed by atoms with Gasteiger partial charge in [-0.15, -0.1) is 0 Å². The number of anilines is 1. The molecule has 3 rings (SSSR count). The molecule has 162 valence electrons. The molecule has 0 aliphatic carbocycles. The van der Waals surface area contributed by atoms with Crippen LogP contribution in [0.5, 0.6) is 5.75 Å². The summed E-state index contributed by atoms with van der Waals surface area (Å²) in [6.45, 7) is 1.96. The molecule has 4 nitrogen and oxygen atoms in total. The summed E-state index contributed by atoms with van der Waals surface area (Å²) in [6.07, 6.45) is 1.47. The summed E-state index contributed by atoms with van der Waals surface area (Å²) in [5.41, 5.74) is 2.47. The molecule has 0 fully saturated rings. The molecule has 0 saturated carbocycles. The number of hydrogen-bond donors (Lipinski definition) is 1. The van der Waals surface area contributed by atoms with Crippen molar-refractivity contribution in [1.29, 1.82) is 5.26 Å². The number of halogens is 4. The van der Waals surface area contributed by atoms with E-state index in [1.165, 1.54) is 18.2 Å². The SMILES string of the molecule is Cc1c(Cl)cccc1NC(=O)/C(C#N)=C\c1cc(Br)c(OCc2cccc(F)c2)c(Br)c1. The zero-order chi connectivity index (χ0) is 23.3. The highest BCUT2D eigenvalue weighted by atomic mass is 79.9. The number of benzene rings is 3. The minimum atomic E-state index is -0.545. The van der Waals surface area contributed by atoms with Gasteiger partial charge in [0.05, 0.1) is 8.95 Å². The molecule has 0 unspecified atom stereocenters. The van der Waals surface area contributed by atoms with Crippen LogP contribution in [0.1, 0.15) is 16.7 Å². The van der Waals surface area contributed by atoms with Crippen molar-refractivity contribution in [2.75, 3.05) is 5.32 Å². The van der Waals surface area contributed by atoms with Crippen LogP contribution in [-0.4, -0.2) is 5.91 Å². The molecular formula is C24H16Br2ClFN2O2. The van der Waals surface area contributed by atoms with Gasteiger partial charge in [-0.2, -0.15) is 5.26 Å². The van der Waals surface area contributed by atoms with Crippen molar-refractivity contribution in [3.05, 3.63) is 96.6 Å². The van der Waals surface area contributed by atoms with Crippen molar-refractivity contribution >= 4 is 61.1 Å². The predicted molar refractivity (Wildman–Crippen MR) is 131 cm³/mol. The fraction of sp³-hybridized carbons (Fsp3) is 0.0833. The first-order chi connectivity index (χ1) is 15.3. The number of hydrogen-bond acceptors (Lipinski definition) is 3. The standard InChI is InChI=1S/C24H16Br2ClFN2O2/c1-14-21(27)6-3-7-22(14)30-24(31)17(12-29)8-16-10-19(25)23(20(26)11-16)32-13-15-4-2-5-18(28)9-15/h2-11H,13H2,1H3,(H,30,31)/b17-8-. The Morgan fingerprint density at radius 1 is 1.19 bits per heavy atom. The van der Waals surface area contributed by atoms with E-state index in [4.69, 9.17) is 16.3 Å². The van der Waals surface area contributed by atoms with Crippen LogP contribution in [0.25, 0.3) is 6.08 Å². The van der Waals surface area contributed by atoms with Crippen molar-refractivity contribution in [2.24, 2.45) is 0 Å². The number of amides is 1. The van der Waals surface area contributed by atoms with Gasteiger partial charge in [0.25, 0.3) is 5.91 Å². The zero-order valence-electron chi connectivity index (χ0n) is 16.8. The van der Waals surface area contributed by atoms with Gasteiger partial charge >= 0.3 is 0 Å². The van der Waals surface area contributed by atoms with Crippen LogP contribution in [0.4, 0.5) is 10.1 Å². The maximum absolute atomic E-state index is 13.4. The maximum atomic E-state index is 13.4. The summed E-state index contributed by atoms with van der Waals surface area (Å²) < 4.78 is 20.4. The maximum Gasteiger partial charge on any atom is 0.266 e. The topological polar surface area (TPSA) is 62.1 Å². The van der Waals surface area contributed by atoms with Crippen LogP contribution in [0, 0.1) is 24.1 Å². The van der Waals surface area contributed by atoms with Gasteiger partial charge in [-0.25, -0.2) is 4.39 Å². The number of nitrogens with one attached hydrogen (secondary N) is 1. The van der Waals surface area contributed by atoms with Crippen molar-refractivity contribution in [1.82, 2.24) is 0 Å². The van der Waals surface area contributed by atoms with Gasteiger partial charge in [-0.05, 0) is 97.9 Å². The Morgan fingerprint density at radius 2 is 1.88 bits per heavy atom. The predicted octanol–water partition coefficient (Wildman–Crippen LogP) is 7.44. The summed E-state index contributed by atoms with van der Waals surface area (Å²) in [5, 5.41) is 12.7. The van der Waals surface area contributed by atoms with E-state index in [-0.39, 0.29) is 18.0 Å². The highest BCUT2D eigenvalue weighted by Gasteiger charge is 2.14. The van der Waals surface area contributed by atoms with Gasteiger partial charge in [-0.3, -0.25) is 4.79 Å². The summed E-state index contributed by atoms with van der Waals surface area (Å²) in [4.78, 5) is 12.6. The molecule has 0 saturated heterocycles. The van der Waals surface area contributed by atoms with Crippen LogP contribution in [0.2, 0.25) is 5.02 Å². The molecule has 0 atom stereocenters. The van der Waals surface area contributed by atoms with Crippen molar-refractivity contribution in [3.63, 3.8) is 0 Å². The third-order valence-electron chi connectivity index (χ3n) is 4.48. The van der Waals surface area contributed by atoms with Crippen LogP contribution in [0.3, 0.4) is 0 Å². The summed E-state index contributed by atoms with van der Waals surface area (Å²) in [5.74, 6) is -0.361. The number of carbonyl (C=O) groups excluding carboxylic acids is 1. The van der Waals surface area contributed by atoms with Gasteiger partial charge < -0.3 is 10.1 Å². The molecule has 1 amide bonds. The fourth-order valence-corrected chi connectivity index (χ4v) is 4.46. The van der Waals surface area contributed by atoms with E-state index >= 15 is 0 Å². The molecule has 0 radical (unpaired) electrons. The normalized spacial score (nSPS) is 11.1. The van der Waals surface area contributed by atoms with Crippen LogP contribution >= 0.6 is 43.5 Å². The third-order valence-corrected chi connectivity index (χ3v) is 6.07. The lowest BCUT2D eigenvalue weighted by molar-refractivity contribution is -0.112. The summed E-state index contributed by atoms with van der Waals surface area (Å²) >= 11 is 13.0. The van der Waals surface area contributed by atoms with Crippen molar-refractivity contribution in [2.45, 2.75) is 13.5 Å². The summed E-state index contributed by atoms with van der Waals surface area (Å²) in [6, 6.07) is 16.7. The number of carbonyl (C=O) groups is 1. The lowest BCUT2D eigenvalue weighted by Crippen LogP contribution is -2.14. The van der Waals surface area contributed by atoms with E-state index in [1.807, 2.05) is 6.07 Å². The lowest BCUT2D eigenvalue weighted by Gasteiger charge is -2.12. The fourth-order valence-electron chi connectivity index (χ4n) is 2.83. The van der Waals surface area contributed by atoms with Gasteiger partial charge in [0.15, 0.2) is 0 Å². The molecule has 3 aromatic rings. The van der Waals surface area contributed by atoms with Crippen molar-refractivity contribution < 1.29 is 13.9 Å². The Bertz CT molecular complexity index is 1230. The number of ether oxygens (including phenoxy) is 1. The Labute approximate surface area is 206 Å². The molecular weight excluding hydrogens is 563 g/mol. The number of rotatable bonds is 6. The Balaban J connectivity index is 1.79. The number of nitrogens with zero attached hydrogens (tertiary/aromatic N) is 1. The largest absolute Gasteiger partial charge is 0.487 e. The molecule has 32 heavy (non-hydrogen) atoms. The van der Waals surface area contributed by atoms with Crippen LogP contribution < -0.4 is 10.1 Å². The van der Waals surface area contributed by atoms with Crippen molar-refractivity contribution in [3.8, 4) is 11.8 Å². The average molecular weight is 579 g/mol. The highest BCUT2D eigenvalue weighted by Crippen LogP contribution is 2.36. The van der Waals surface area contributed by atoms with E-state index in [0.29, 0.717) is 42.1 Å². The average Bonchev–Trinajstić information content (AvgIpc) is 2.74. The van der Waals surface area contributed by atoms with Crippen LogP contribution in [0.15, 0.2) is 69.1 Å². The minimum absolute atomic E-state index is 0.0726. The molecule has 0 spiro atoms. The molecule has 0 bridgehead atoms. The van der Waals surface area contributed by atoms with E-state index in [9.17, 15) is 14.4 Å². The second-order valence-corrected chi connectivity index (χ2v) is 8.88. The van der Waals surface area contributed by atoms with Gasteiger partial charge in [-0.1, -0.05) is 29.8 Å². The van der Waals surface area contributed by atoms with Crippen LogP contribution in [-0.2, 0) is 11.4 Å². The third kappa shape index (κ3) is 5.98. The molecule has 0 aliphatic rings. The first-order valence-corrected chi connectivity index (χ1v) is 11.3. The Hall–Kier alpha value is -2.66. The van der Waals surface area contributed by atoms with E-state index in [1.54, 1.807) is 49.4 Å². The second kappa shape index (κ2) is 10.8. The monoisotopic (exact) mass is 576 g/mol. The second-order valence-electron chi connectivity index (χ2n) is 6.77. The molecule has 0 heterocycles. The van der Waals surface area contributed by atoms with Gasteiger partial charge in [0.1, 0.15) is 29.8 Å². The first-order valence-electron chi connectivity index (χ1n) is 9.33. The smallest absolute Gasteiger partial charge is 0.266 e. The molecule has 0 aliphatic heterocycles. The van der Waals surface area contributed by atoms with E-state index in [0.717, 1.165) is 0 Å². The molecule has 3 aromatic carbocycles. The lowest BCUT2D eigenvalue weighted by atomic mass is 10.1. The van der Waals surface area contributed by atoms with E-state index < -0.39 is 5.91 Å². The molecule has 8 heteroatoms. The van der Waals surface area contributed by atoms with Gasteiger partial charge in [0, 0.05) is 10.7 Å². The minimum Gasteiger partial charge on any atom is -0.487 e.